The number of ketones is 1. The van der Waals surface area contributed by atoms with Crippen molar-refractivity contribution in [2.75, 3.05) is 7.11 Å². The normalized spacial score (nSPS) is 23.4. The fourth-order valence-corrected chi connectivity index (χ4v) is 4.75. The molecule has 6 rings (SSSR count). The first kappa shape index (κ1) is 16.3. The first-order valence-electron chi connectivity index (χ1n) is 9.23. The Morgan fingerprint density at radius 1 is 1.04 bits per heavy atom. The predicted molar refractivity (Wildman–Crippen MR) is 102 cm³/mol. The highest BCUT2D eigenvalue weighted by Crippen LogP contribution is 2.60. The van der Waals surface area contributed by atoms with Crippen LogP contribution in [0.4, 0.5) is 0 Å². The van der Waals surface area contributed by atoms with Crippen LogP contribution in [-0.4, -0.2) is 18.0 Å². The number of carbonyl (C=O) groups is 1. The molecular formula is C23H20O4. The summed E-state index contributed by atoms with van der Waals surface area (Å²) in [6.07, 6.45) is 1.74. The second-order valence-electron chi connectivity index (χ2n) is 7.36. The van der Waals surface area contributed by atoms with Gasteiger partial charge in [0.15, 0.2) is 0 Å². The van der Waals surface area contributed by atoms with Gasteiger partial charge in [-0.1, -0.05) is 42.5 Å². The van der Waals surface area contributed by atoms with Crippen molar-refractivity contribution in [3.63, 3.8) is 0 Å². The van der Waals surface area contributed by atoms with Crippen LogP contribution in [0.3, 0.4) is 0 Å². The Hall–Kier alpha value is -2.85. The molecule has 2 bridgehead atoms. The highest BCUT2D eigenvalue weighted by atomic mass is 16.5. The van der Waals surface area contributed by atoms with Crippen LogP contribution in [0.2, 0.25) is 0 Å². The predicted octanol–water partition coefficient (Wildman–Crippen LogP) is 5.03. The fraction of sp³-hybridized carbons (Fsp3) is 0.261. The van der Waals surface area contributed by atoms with Gasteiger partial charge in [0, 0.05) is 41.3 Å². The fourth-order valence-electron chi connectivity index (χ4n) is 4.75. The number of Topliss-reactive ketones (excluding diaryl/α,β-unsaturated/α-hetero) is 1. The van der Waals surface area contributed by atoms with Crippen LogP contribution in [0.25, 0.3) is 10.8 Å². The third-order valence-electron chi connectivity index (χ3n) is 6.02. The molecule has 2 unspecified atom stereocenters. The summed E-state index contributed by atoms with van der Waals surface area (Å²) < 4.78 is 12.2. The van der Waals surface area contributed by atoms with Gasteiger partial charge in [-0.05, 0) is 25.0 Å². The molecule has 27 heavy (non-hydrogen) atoms. The number of benzene rings is 3. The minimum absolute atomic E-state index is 0.156. The molecule has 136 valence electrons. The summed E-state index contributed by atoms with van der Waals surface area (Å²) in [7, 11) is 1.62. The lowest BCUT2D eigenvalue weighted by Gasteiger charge is -2.46. The van der Waals surface area contributed by atoms with Crippen molar-refractivity contribution in [2.45, 2.75) is 30.8 Å². The second-order valence-corrected chi connectivity index (χ2v) is 7.36. The van der Waals surface area contributed by atoms with E-state index >= 15 is 0 Å². The molecule has 1 saturated carbocycles. The van der Waals surface area contributed by atoms with E-state index in [-0.39, 0.29) is 17.5 Å². The van der Waals surface area contributed by atoms with E-state index in [1.165, 1.54) is 0 Å². The Morgan fingerprint density at radius 3 is 2.44 bits per heavy atom. The number of methoxy groups -OCH3 is 1. The molecule has 0 spiro atoms. The minimum Gasteiger partial charge on any atom is -0.507 e. The van der Waals surface area contributed by atoms with Crippen LogP contribution in [-0.2, 0) is 15.1 Å². The van der Waals surface area contributed by atoms with Gasteiger partial charge in [-0.3, -0.25) is 4.79 Å². The number of phenols is 1. The Morgan fingerprint density at radius 2 is 1.74 bits per heavy atom. The van der Waals surface area contributed by atoms with E-state index in [0.29, 0.717) is 24.3 Å². The summed E-state index contributed by atoms with van der Waals surface area (Å²) in [5.74, 6) is 1.47. The van der Waals surface area contributed by atoms with E-state index in [2.05, 4.69) is 0 Å². The molecule has 1 fully saturated rings. The van der Waals surface area contributed by atoms with Crippen molar-refractivity contribution in [1.29, 1.82) is 0 Å². The summed E-state index contributed by atoms with van der Waals surface area (Å²) in [5.41, 5.74) is 0.745. The van der Waals surface area contributed by atoms with E-state index in [1.54, 1.807) is 7.11 Å². The van der Waals surface area contributed by atoms with Crippen molar-refractivity contribution in [1.82, 2.24) is 0 Å². The van der Waals surface area contributed by atoms with Gasteiger partial charge in [-0.2, -0.15) is 0 Å². The maximum Gasteiger partial charge on any atom is 0.143 e. The quantitative estimate of drug-likeness (QED) is 0.712. The van der Waals surface area contributed by atoms with Gasteiger partial charge >= 0.3 is 0 Å². The molecule has 1 N–H and O–H groups in total. The van der Waals surface area contributed by atoms with E-state index < -0.39 is 5.60 Å². The van der Waals surface area contributed by atoms with Gasteiger partial charge in [0.05, 0.1) is 0 Å². The molecule has 4 heteroatoms. The van der Waals surface area contributed by atoms with E-state index in [1.807, 2.05) is 54.6 Å². The number of phenolic OH excluding ortho intramolecular Hbond substituents is 1. The molecule has 0 saturated heterocycles. The average molecular weight is 360 g/mol. The van der Waals surface area contributed by atoms with Crippen LogP contribution < -0.4 is 4.74 Å². The van der Waals surface area contributed by atoms with E-state index in [0.717, 1.165) is 28.3 Å². The maximum atomic E-state index is 12.8. The van der Waals surface area contributed by atoms with Crippen LogP contribution >= 0.6 is 0 Å². The average Bonchev–Trinajstić information content (AvgIpc) is 2.71. The largest absolute Gasteiger partial charge is 0.507 e. The van der Waals surface area contributed by atoms with Crippen LogP contribution in [0.15, 0.2) is 54.6 Å². The van der Waals surface area contributed by atoms with Crippen molar-refractivity contribution in [3.05, 3.63) is 65.7 Å². The standard InChI is InChI=1S/C23H20O4/c1-26-23-12-11-17(18(24)13-23)19-20(23)21(25)15-9-5-6-10-16(15)22(19)27-14-7-3-2-4-8-14/h2-10,17,25H,11-13H2,1H3. The van der Waals surface area contributed by atoms with Crippen molar-refractivity contribution >= 4 is 16.6 Å². The molecule has 0 aromatic heterocycles. The number of para-hydroxylation sites is 1. The van der Waals surface area contributed by atoms with Gasteiger partial charge in [0.1, 0.15) is 28.6 Å². The van der Waals surface area contributed by atoms with Crippen LogP contribution in [0.5, 0.6) is 17.2 Å². The SMILES string of the molecule is COC12CCC(C(=O)C1)c1c2c(O)c2ccccc2c1Oc1ccccc1. The summed E-state index contributed by atoms with van der Waals surface area (Å²) in [4.78, 5) is 12.8. The van der Waals surface area contributed by atoms with Gasteiger partial charge in [-0.25, -0.2) is 0 Å². The molecule has 0 amide bonds. The third kappa shape index (κ3) is 2.23. The highest BCUT2D eigenvalue weighted by Gasteiger charge is 2.53. The minimum atomic E-state index is -0.774. The van der Waals surface area contributed by atoms with Gasteiger partial charge in [-0.15, -0.1) is 0 Å². The van der Waals surface area contributed by atoms with Crippen LogP contribution in [0, 0.1) is 0 Å². The number of hydrogen-bond acceptors (Lipinski definition) is 4. The lowest BCUT2D eigenvalue weighted by atomic mass is 9.62. The number of ether oxygens (including phenoxy) is 2. The monoisotopic (exact) mass is 360 g/mol. The Balaban J connectivity index is 1.87. The van der Waals surface area contributed by atoms with Crippen molar-refractivity contribution in [3.8, 4) is 17.2 Å². The third-order valence-corrected chi connectivity index (χ3v) is 6.02. The summed E-state index contributed by atoms with van der Waals surface area (Å²) in [6.45, 7) is 0. The van der Waals surface area contributed by atoms with Gasteiger partial charge < -0.3 is 14.6 Å². The topological polar surface area (TPSA) is 55.8 Å². The summed E-state index contributed by atoms with van der Waals surface area (Å²) in [6, 6.07) is 17.2. The molecular weight excluding hydrogens is 340 g/mol. The number of fused-ring (bicyclic) bond motifs is 3. The number of hydrogen-bond donors (Lipinski definition) is 1. The summed E-state index contributed by atoms with van der Waals surface area (Å²) in [5, 5.41) is 12.7. The molecule has 3 aromatic carbocycles. The smallest absolute Gasteiger partial charge is 0.143 e. The van der Waals surface area contributed by atoms with Gasteiger partial charge in [0.25, 0.3) is 0 Å². The second kappa shape index (κ2) is 5.83. The Kier molecular flexibility index (Phi) is 3.52. The zero-order chi connectivity index (χ0) is 18.6. The number of carbonyl (C=O) groups excluding carboxylic acids is 1. The zero-order valence-electron chi connectivity index (χ0n) is 15.1. The molecule has 0 radical (unpaired) electrons. The van der Waals surface area contributed by atoms with Crippen molar-refractivity contribution in [2.24, 2.45) is 0 Å². The Bertz CT molecular complexity index is 1060. The molecule has 3 aliphatic rings. The molecule has 4 nitrogen and oxygen atoms in total. The van der Waals surface area contributed by atoms with Crippen LogP contribution in [0.1, 0.15) is 36.3 Å². The van der Waals surface area contributed by atoms with E-state index in [4.69, 9.17) is 9.47 Å². The first-order chi connectivity index (χ1) is 13.1. The molecule has 3 aliphatic carbocycles. The molecule has 0 heterocycles. The van der Waals surface area contributed by atoms with E-state index in [9.17, 15) is 9.90 Å². The lowest BCUT2D eigenvalue weighted by Crippen LogP contribution is -2.44. The first-order valence-corrected chi connectivity index (χ1v) is 9.23. The van der Waals surface area contributed by atoms with Gasteiger partial charge in [0.2, 0.25) is 0 Å². The number of rotatable bonds is 3. The number of aromatic hydroxyl groups is 1. The lowest BCUT2D eigenvalue weighted by molar-refractivity contribution is -0.137. The summed E-state index contributed by atoms with van der Waals surface area (Å²) >= 11 is 0. The maximum absolute atomic E-state index is 12.8. The molecule has 3 aromatic rings. The van der Waals surface area contributed by atoms with Crippen molar-refractivity contribution < 1.29 is 19.4 Å². The highest BCUT2D eigenvalue weighted by molar-refractivity contribution is 6.01. The molecule has 2 atom stereocenters. The Labute approximate surface area is 157 Å². The zero-order valence-corrected chi connectivity index (χ0v) is 15.1. The molecule has 0 aliphatic heterocycles.